The van der Waals surface area contributed by atoms with E-state index in [2.05, 4.69) is 0 Å². The van der Waals surface area contributed by atoms with Crippen LogP contribution in [-0.4, -0.2) is 54.1 Å². The molecule has 3 rings (SSSR count). The van der Waals surface area contributed by atoms with Crippen molar-refractivity contribution in [2.45, 2.75) is 4.90 Å². The van der Waals surface area contributed by atoms with Crippen molar-refractivity contribution in [2.24, 2.45) is 0 Å². The van der Waals surface area contributed by atoms with Gasteiger partial charge >= 0.3 is 29.6 Å². The molecular weight excluding hydrogens is 317 g/mol. The first-order chi connectivity index (χ1) is 9.82. The minimum absolute atomic E-state index is 0. The molecule has 0 bridgehead atoms. The monoisotopic (exact) mass is 327 g/mol. The molecule has 22 heavy (non-hydrogen) atoms. The van der Waals surface area contributed by atoms with E-state index in [0.717, 1.165) is 6.07 Å². The van der Waals surface area contributed by atoms with Crippen LogP contribution in [-0.2, 0) is 10.1 Å². The molecule has 6 nitrogen and oxygen atoms in total. The molecule has 0 fully saturated rings. The Morgan fingerprint density at radius 2 is 1.41 bits per heavy atom. The molecule has 0 unspecified atom stereocenters. The van der Waals surface area contributed by atoms with Crippen LogP contribution in [0.3, 0.4) is 0 Å². The number of fused-ring (bicyclic) bond motifs is 2. The normalized spacial score (nSPS) is 13.1. The predicted molar refractivity (Wildman–Crippen MR) is 81.1 cm³/mol. The molecule has 0 spiro atoms. The summed E-state index contributed by atoms with van der Waals surface area (Å²) in [6, 6.07) is 8.15. The molecule has 0 amide bonds. The maximum absolute atomic E-state index is 12.5. The standard InChI is InChI=1S/C14H9NO5S.Na.H/c15-9-5-1-3-7-11(9)14(17)12-8(13(7)16)4-2-6-10(12)21(18,19)20;;/h1-6H,15H2,(H,18,19,20);;. The van der Waals surface area contributed by atoms with Gasteiger partial charge in [0.25, 0.3) is 10.1 Å². The summed E-state index contributed by atoms with van der Waals surface area (Å²) < 4.78 is 32.1. The average Bonchev–Trinajstić information content (AvgIpc) is 2.43. The molecule has 0 aliphatic heterocycles. The van der Waals surface area contributed by atoms with E-state index in [1.54, 1.807) is 0 Å². The zero-order chi connectivity index (χ0) is 15.4. The topological polar surface area (TPSA) is 115 Å². The Labute approximate surface area is 148 Å². The third kappa shape index (κ3) is 2.41. The molecule has 0 heterocycles. The summed E-state index contributed by atoms with van der Waals surface area (Å²) in [5.74, 6) is -1.19. The van der Waals surface area contributed by atoms with Gasteiger partial charge in [0.2, 0.25) is 0 Å². The molecule has 3 N–H and O–H groups in total. The van der Waals surface area contributed by atoms with Gasteiger partial charge in [-0.05, 0) is 12.1 Å². The quantitative estimate of drug-likeness (QED) is 0.385. The Hall–Kier alpha value is -1.51. The van der Waals surface area contributed by atoms with Crippen LogP contribution in [0.25, 0.3) is 0 Å². The van der Waals surface area contributed by atoms with Gasteiger partial charge in [-0.2, -0.15) is 8.42 Å². The second kappa shape index (κ2) is 5.60. The van der Waals surface area contributed by atoms with Crippen molar-refractivity contribution in [2.75, 3.05) is 5.73 Å². The predicted octanol–water partition coefficient (Wildman–Crippen LogP) is 0.642. The average molecular weight is 327 g/mol. The Morgan fingerprint density at radius 3 is 2.00 bits per heavy atom. The fourth-order valence-corrected chi connectivity index (χ4v) is 3.16. The number of benzene rings is 2. The number of carbonyl (C=O) groups excluding carboxylic acids is 2. The fourth-order valence-electron chi connectivity index (χ4n) is 2.45. The van der Waals surface area contributed by atoms with E-state index < -0.39 is 26.6 Å². The van der Waals surface area contributed by atoms with Gasteiger partial charge in [-0.3, -0.25) is 14.1 Å². The van der Waals surface area contributed by atoms with E-state index in [1.807, 2.05) is 0 Å². The first kappa shape index (κ1) is 16.9. The third-order valence-electron chi connectivity index (χ3n) is 3.34. The fraction of sp³-hybridized carbons (Fsp3) is 0. The number of rotatable bonds is 1. The Balaban J connectivity index is 0.00000176. The van der Waals surface area contributed by atoms with Gasteiger partial charge in [0.1, 0.15) is 4.90 Å². The molecule has 0 radical (unpaired) electrons. The van der Waals surface area contributed by atoms with Gasteiger partial charge < -0.3 is 5.73 Å². The molecule has 0 saturated heterocycles. The number of ketones is 2. The van der Waals surface area contributed by atoms with Crippen LogP contribution < -0.4 is 5.73 Å². The zero-order valence-corrected chi connectivity index (χ0v) is 11.3. The summed E-state index contributed by atoms with van der Waals surface area (Å²) in [5.41, 5.74) is 5.50. The first-order valence-electron chi connectivity index (χ1n) is 5.90. The Kier molecular flexibility index (Phi) is 4.29. The molecule has 0 saturated carbocycles. The van der Waals surface area contributed by atoms with Crippen molar-refractivity contribution in [1.82, 2.24) is 0 Å². The molecule has 0 aromatic heterocycles. The van der Waals surface area contributed by atoms with Gasteiger partial charge in [0.05, 0.1) is 11.1 Å². The molecule has 1 aliphatic rings. The third-order valence-corrected chi connectivity index (χ3v) is 4.24. The van der Waals surface area contributed by atoms with Crippen LogP contribution in [0.4, 0.5) is 5.69 Å². The van der Waals surface area contributed by atoms with Gasteiger partial charge in [0, 0.05) is 16.8 Å². The molecule has 108 valence electrons. The van der Waals surface area contributed by atoms with Crippen molar-refractivity contribution in [3.05, 3.63) is 58.7 Å². The second-order valence-corrected chi connectivity index (χ2v) is 5.97. The van der Waals surface area contributed by atoms with Crippen LogP contribution in [0.1, 0.15) is 31.8 Å². The summed E-state index contributed by atoms with van der Waals surface area (Å²) >= 11 is 0. The minimum atomic E-state index is -4.63. The van der Waals surface area contributed by atoms with Gasteiger partial charge in [-0.15, -0.1) is 0 Å². The van der Waals surface area contributed by atoms with Crippen LogP contribution >= 0.6 is 0 Å². The molecule has 2 aromatic rings. The molecule has 8 heteroatoms. The summed E-state index contributed by atoms with van der Waals surface area (Å²) in [7, 11) is -4.63. The van der Waals surface area contributed by atoms with Crippen molar-refractivity contribution in [3.8, 4) is 0 Å². The zero-order valence-electron chi connectivity index (χ0n) is 10.5. The van der Waals surface area contributed by atoms with E-state index in [4.69, 9.17) is 5.73 Å². The summed E-state index contributed by atoms with van der Waals surface area (Å²) in [6.07, 6.45) is 0. The van der Waals surface area contributed by atoms with Crippen molar-refractivity contribution >= 4 is 56.9 Å². The molecule has 0 atom stereocenters. The summed E-state index contributed by atoms with van der Waals surface area (Å²) in [5, 5.41) is 0. The first-order valence-corrected chi connectivity index (χ1v) is 7.35. The molecule has 1 aliphatic carbocycles. The molecular formula is C14H10NNaO5S. The van der Waals surface area contributed by atoms with Crippen molar-refractivity contribution in [1.29, 1.82) is 0 Å². The van der Waals surface area contributed by atoms with Gasteiger partial charge in [-0.25, -0.2) is 0 Å². The number of hydrogen-bond acceptors (Lipinski definition) is 5. The maximum atomic E-state index is 12.5. The summed E-state index contributed by atoms with van der Waals surface area (Å²) in [4.78, 5) is 24.3. The van der Waals surface area contributed by atoms with Crippen molar-refractivity contribution < 1.29 is 22.6 Å². The number of hydrogen-bond donors (Lipinski definition) is 2. The summed E-state index contributed by atoms with van der Waals surface area (Å²) in [6.45, 7) is 0. The van der Waals surface area contributed by atoms with E-state index >= 15 is 0 Å². The number of anilines is 1. The number of carbonyl (C=O) groups is 2. The Bertz CT molecular complexity index is 921. The van der Waals surface area contributed by atoms with Gasteiger partial charge in [-0.1, -0.05) is 24.3 Å². The Morgan fingerprint density at radius 1 is 0.864 bits per heavy atom. The van der Waals surface area contributed by atoms with Crippen LogP contribution in [0, 0.1) is 0 Å². The number of nitrogen functional groups attached to an aromatic ring is 1. The number of nitrogens with two attached hydrogens (primary N) is 1. The van der Waals surface area contributed by atoms with Gasteiger partial charge in [0.15, 0.2) is 11.6 Å². The van der Waals surface area contributed by atoms with E-state index in [9.17, 15) is 22.6 Å². The van der Waals surface area contributed by atoms with Crippen LogP contribution in [0.5, 0.6) is 0 Å². The van der Waals surface area contributed by atoms with E-state index in [-0.39, 0.29) is 57.5 Å². The second-order valence-electron chi connectivity index (χ2n) is 4.58. The van der Waals surface area contributed by atoms with Crippen LogP contribution in [0.2, 0.25) is 0 Å². The SMILES string of the molecule is Nc1cccc2c1C(=O)c1c(cccc1S(=O)(=O)O)C2=O.[NaH]. The molecule has 2 aromatic carbocycles. The van der Waals surface area contributed by atoms with Crippen LogP contribution in [0.15, 0.2) is 41.3 Å². The van der Waals surface area contributed by atoms with E-state index in [1.165, 1.54) is 30.3 Å². The van der Waals surface area contributed by atoms with Crippen molar-refractivity contribution in [3.63, 3.8) is 0 Å². The van der Waals surface area contributed by atoms with E-state index in [0.29, 0.717) is 0 Å².